The highest BCUT2D eigenvalue weighted by Gasteiger charge is 2.09. The number of rotatable bonds is 5. The molecule has 0 radical (unpaired) electrons. The average Bonchev–Trinajstić information content (AvgIpc) is 2.28. The van der Waals surface area contributed by atoms with Crippen molar-refractivity contribution in [3.8, 4) is 11.5 Å². The lowest BCUT2D eigenvalue weighted by Gasteiger charge is -2.13. The largest absolute Gasteiger partial charge is 0.493 e. The van der Waals surface area contributed by atoms with Gasteiger partial charge in [0.2, 0.25) is 0 Å². The number of methoxy groups -OCH3 is 2. The molecule has 1 rings (SSSR count). The third-order valence-corrected chi connectivity index (χ3v) is 3.02. The maximum atomic E-state index is 5.56. The molecule has 0 fully saturated rings. The summed E-state index contributed by atoms with van der Waals surface area (Å²) in [5.41, 5.74) is 6.78. The summed E-state index contributed by atoms with van der Waals surface area (Å²) in [7, 11) is 3.29. The van der Waals surface area contributed by atoms with Crippen molar-refractivity contribution >= 4 is 11.8 Å². The summed E-state index contributed by atoms with van der Waals surface area (Å²) in [5.74, 6) is 1.53. The number of hydrogen-bond acceptors (Lipinski definition) is 4. The molecule has 0 aliphatic carbocycles. The highest BCUT2D eigenvalue weighted by Crippen LogP contribution is 2.34. The van der Waals surface area contributed by atoms with Crippen molar-refractivity contribution < 1.29 is 9.47 Å². The predicted molar refractivity (Wildman–Crippen MR) is 64.1 cm³/mol. The molecule has 0 aromatic heterocycles. The Kier molecular flexibility index (Phi) is 4.78. The number of hydrogen-bond donors (Lipinski definition) is 1. The van der Waals surface area contributed by atoms with Crippen LogP contribution in [0.25, 0.3) is 0 Å². The van der Waals surface area contributed by atoms with Crippen molar-refractivity contribution in [2.24, 2.45) is 5.73 Å². The number of thioether (sulfide) groups is 1. The van der Waals surface area contributed by atoms with Gasteiger partial charge in [-0.25, -0.2) is 0 Å². The molecule has 2 N–H and O–H groups in total. The summed E-state index contributed by atoms with van der Waals surface area (Å²) in [6.07, 6.45) is 2.90. The van der Waals surface area contributed by atoms with Gasteiger partial charge < -0.3 is 15.2 Å². The van der Waals surface area contributed by atoms with Gasteiger partial charge in [0, 0.05) is 4.90 Å². The summed E-state index contributed by atoms with van der Waals surface area (Å²) in [6.45, 7) is 0.642. The van der Waals surface area contributed by atoms with E-state index in [0.717, 1.165) is 17.9 Å². The van der Waals surface area contributed by atoms with E-state index in [-0.39, 0.29) is 0 Å². The summed E-state index contributed by atoms with van der Waals surface area (Å²) in [4.78, 5) is 1.19. The van der Waals surface area contributed by atoms with E-state index in [1.54, 1.807) is 26.0 Å². The van der Waals surface area contributed by atoms with Crippen LogP contribution in [-0.4, -0.2) is 27.0 Å². The van der Waals surface area contributed by atoms with Crippen molar-refractivity contribution in [3.05, 3.63) is 17.7 Å². The van der Waals surface area contributed by atoms with Crippen LogP contribution in [0, 0.1) is 0 Å². The minimum atomic E-state index is 0.642. The van der Waals surface area contributed by atoms with Crippen molar-refractivity contribution in [2.75, 3.05) is 27.0 Å². The van der Waals surface area contributed by atoms with E-state index in [4.69, 9.17) is 15.2 Å². The second-order valence-corrected chi connectivity index (χ2v) is 3.91. The van der Waals surface area contributed by atoms with Crippen LogP contribution in [0.15, 0.2) is 17.0 Å². The van der Waals surface area contributed by atoms with Crippen molar-refractivity contribution in [1.29, 1.82) is 0 Å². The van der Waals surface area contributed by atoms with E-state index < -0.39 is 0 Å². The monoisotopic (exact) mass is 227 g/mol. The summed E-state index contributed by atoms with van der Waals surface area (Å²) >= 11 is 1.69. The molecule has 0 amide bonds. The molecule has 4 heteroatoms. The van der Waals surface area contributed by atoms with E-state index in [1.165, 1.54) is 10.5 Å². The van der Waals surface area contributed by atoms with E-state index in [0.29, 0.717) is 6.54 Å². The first kappa shape index (κ1) is 12.2. The first-order valence-electron chi connectivity index (χ1n) is 4.75. The van der Waals surface area contributed by atoms with Gasteiger partial charge in [-0.2, -0.15) is 0 Å². The van der Waals surface area contributed by atoms with Crippen LogP contribution in [0.4, 0.5) is 0 Å². The Bertz CT molecular complexity index is 329. The van der Waals surface area contributed by atoms with Crippen molar-refractivity contribution in [3.63, 3.8) is 0 Å². The second kappa shape index (κ2) is 5.88. The van der Waals surface area contributed by atoms with Crippen molar-refractivity contribution in [1.82, 2.24) is 0 Å². The highest BCUT2D eigenvalue weighted by molar-refractivity contribution is 7.98. The molecule has 0 saturated carbocycles. The molecule has 0 aliphatic heterocycles. The highest BCUT2D eigenvalue weighted by atomic mass is 32.2. The Morgan fingerprint density at radius 1 is 1.20 bits per heavy atom. The number of nitrogens with two attached hydrogens (primary N) is 1. The topological polar surface area (TPSA) is 44.5 Å². The first-order chi connectivity index (χ1) is 7.26. The van der Waals surface area contributed by atoms with Crippen LogP contribution in [0.1, 0.15) is 5.56 Å². The Hall–Kier alpha value is -0.870. The fourth-order valence-corrected chi connectivity index (χ4v) is 2.09. The first-order valence-corrected chi connectivity index (χ1v) is 5.98. The molecule has 0 aliphatic rings. The molecule has 0 unspecified atom stereocenters. The molecule has 0 saturated heterocycles. The van der Waals surface area contributed by atoms with Gasteiger partial charge in [-0.15, -0.1) is 11.8 Å². The zero-order valence-electron chi connectivity index (χ0n) is 9.37. The minimum Gasteiger partial charge on any atom is -0.493 e. The molecule has 1 aromatic carbocycles. The van der Waals surface area contributed by atoms with Gasteiger partial charge in [-0.3, -0.25) is 0 Å². The maximum absolute atomic E-state index is 5.56. The van der Waals surface area contributed by atoms with E-state index >= 15 is 0 Å². The fraction of sp³-hybridized carbons (Fsp3) is 0.455. The van der Waals surface area contributed by atoms with E-state index in [1.807, 2.05) is 18.4 Å². The van der Waals surface area contributed by atoms with Gasteiger partial charge in [-0.1, -0.05) is 0 Å². The molecular formula is C11H17NO2S. The molecule has 15 heavy (non-hydrogen) atoms. The summed E-state index contributed by atoms with van der Waals surface area (Å²) in [5, 5.41) is 0. The molecule has 0 bridgehead atoms. The SMILES string of the molecule is COc1cc(CCN)c(SC)cc1OC. The van der Waals surface area contributed by atoms with Crippen LogP contribution in [-0.2, 0) is 6.42 Å². The summed E-state index contributed by atoms with van der Waals surface area (Å²) in [6, 6.07) is 3.99. The molecule has 84 valence electrons. The lowest BCUT2D eigenvalue weighted by atomic mass is 10.1. The van der Waals surface area contributed by atoms with Crippen LogP contribution in [0.5, 0.6) is 11.5 Å². The zero-order chi connectivity index (χ0) is 11.3. The van der Waals surface area contributed by atoms with E-state index in [9.17, 15) is 0 Å². The number of benzene rings is 1. The van der Waals surface area contributed by atoms with Gasteiger partial charge in [0.15, 0.2) is 11.5 Å². The molecule has 0 heterocycles. The molecule has 0 spiro atoms. The number of ether oxygens (including phenoxy) is 2. The molecule has 0 atom stereocenters. The fourth-order valence-electron chi connectivity index (χ4n) is 1.44. The van der Waals surface area contributed by atoms with Gasteiger partial charge in [0.25, 0.3) is 0 Å². The second-order valence-electron chi connectivity index (χ2n) is 3.06. The molecular weight excluding hydrogens is 210 g/mol. The smallest absolute Gasteiger partial charge is 0.161 e. The van der Waals surface area contributed by atoms with Gasteiger partial charge in [0.05, 0.1) is 14.2 Å². The molecule has 3 nitrogen and oxygen atoms in total. The van der Waals surface area contributed by atoms with Crippen LogP contribution >= 0.6 is 11.8 Å². The van der Waals surface area contributed by atoms with E-state index in [2.05, 4.69) is 0 Å². The zero-order valence-corrected chi connectivity index (χ0v) is 10.2. The maximum Gasteiger partial charge on any atom is 0.161 e. The Morgan fingerprint density at radius 2 is 1.80 bits per heavy atom. The van der Waals surface area contributed by atoms with Crippen LogP contribution in [0.2, 0.25) is 0 Å². The summed E-state index contributed by atoms with van der Waals surface area (Å²) < 4.78 is 10.5. The van der Waals surface area contributed by atoms with Gasteiger partial charge in [-0.05, 0) is 36.9 Å². The van der Waals surface area contributed by atoms with Crippen LogP contribution < -0.4 is 15.2 Å². The Morgan fingerprint density at radius 3 is 2.27 bits per heavy atom. The third-order valence-electron chi connectivity index (χ3n) is 2.20. The quantitative estimate of drug-likeness (QED) is 0.781. The lowest BCUT2D eigenvalue weighted by molar-refractivity contribution is 0.353. The third kappa shape index (κ3) is 2.79. The van der Waals surface area contributed by atoms with Gasteiger partial charge >= 0.3 is 0 Å². The van der Waals surface area contributed by atoms with Crippen molar-refractivity contribution in [2.45, 2.75) is 11.3 Å². The standard InChI is InChI=1S/C11H17NO2S/c1-13-9-6-8(4-5-12)11(15-3)7-10(9)14-2/h6-7H,4-5,12H2,1-3H3. The molecule has 1 aromatic rings. The minimum absolute atomic E-state index is 0.642. The van der Waals surface area contributed by atoms with Crippen LogP contribution in [0.3, 0.4) is 0 Å². The van der Waals surface area contributed by atoms with Gasteiger partial charge in [0.1, 0.15) is 0 Å². The lowest BCUT2D eigenvalue weighted by Crippen LogP contribution is -2.04. The predicted octanol–water partition coefficient (Wildman–Crippen LogP) is 1.93. The average molecular weight is 227 g/mol. The normalized spacial score (nSPS) is 10.1. The Balaban J connectivity index is 3.15. The Labute approximate surface area is 94.9 Å².